The van der Waals surface area contributed by atoms with Crippen molar-refractivity contribution in [2.75, 3.05) is 33.3 Å². The second kappa shape index (κ2) is 10.3. The fourth-order valence-corrected chi connectivity index (χ4v) is 4.55. The van der Waals surface area contributed by atoms with Crippen LogP contribution in [0, 0.1) is 17.8 Å². The second-order valence-electron chi connectivity index (χ2n) is 9.30. The van der Waals surface area contributed by atoms with Gasteiger partial charge in [0.25, 0.3) is 0 Å². The molecule has 1 aromatic rings. The minimum atomic E-state index is -0.259. The van der Waals surface area contributed by atoms with Gasteiger partial charge < -0.3 is 15.0 Å². The summed E-state index contributed by atoms with van der Waals surface area (Å²) in [4.78, 5) is 29.6. The molecule has 0 saturated carbocycles. The number of ether oxygens (including phenoxy) is 1. The van der Waals surface area contributed by atoms with Gasteiger partial charge in [-0.1, -0.05) is 32.9 Å². The molecular weight excluding hydrogens is 378 g/mol. The van der Waals surface area contributed by atoms with Crippen molar-refractivity contribution in [1.29, 1.82) is 0 Å². The van der Waals surface area contributed by atoms with Crippen molar-refractivity contribution in [2.24, 2.45) is 17.8 Å². The number of carbonyl (C=O) groups is 2. The molecule has 2 unspecified atom stereocenters. The normalized spacial score (nSPS) is 21.8. The van der Waals surface area contributed by atoms with E-state index in [-0.39, 0.29) is 17.7 Å². The molecule has 0 aliphatic carbocycles. The quantitative estimate of drug-likeness (QED) is 0.709. The van der Waals surface area contributed by atoms with E-state index >= 15 is 0 Å². The number of methoxy groups -OCH3 is 1. The highest BCUT2D eigenvalue weighted by atomic mass is 16.5. The number of hydrogen-bond donors (Lipinski definition) is 1. The number of nitrogens with one attached hydrogen (secondary N) is 1. The van der Waals surface area contributed by atoms with Gasteiger partial charge in [-0.2, -0.15) is 0 Å². The highest BCUT2D eigenvalue weighted by molar-refractivity contribution is 5.89. The van der Waals surface area contributed by atoms with Crippen molar-refractivity contribution in [3.8, 4) is 5.75 Å². The predicted molar refractivity (Wildman–Crippen MR) is 118 cm³/mol. The minimum absolute atomic E-state index is 0.0107. The lowest BCUT2D eigenvalue weighted by Gasteiger charge is -2.39. The van der Waals surface area contributed by atoms with E-state index in [0.29, 0.717) is 38.0 Å². The Morgan fingerprint density at radius 2 is 1.87 bits per heavy atom. The van der Waals surface area contributed by atoms with Crippen LogP contribution in [0.15, 0.2) is 24.3 Å². The smallest absolute Gasteiger partial charge is 0.225 e. The Morgan fingerprint density at radius 3 is 2.47 bits per heavy atom. The maximum atomic E-state index is 12.8. The molecule has 30 heavy (non-hydrogen) atoms. The van der Waals surface area contributed by atoms with Crippen molar-refractivity contribution in [2.45, 2.75) is 52.6 Å². The zero-order valence-corrected chi connectivity index (χ0v) is 18.9. The molecule has 2 fully saturated rings. The van der Waals surface area contributed by atoms with Crippen molar-refractivity contribution >= 4 is 11.8 Å². The molecule has 2 saturated heterocycles. The molecule has 0 radical (unpaired) electrons. The number of benzene rings is 1. The maximum absolute atomic E-state index is 12.8. The first-order valence-corrected chi connectivity index (χ1v) is 11.3. The van der Waals surface area contributed by atoms with Crippen LogP contribution >= 0.6 is 0 Å². The summed E-state index contributed by atoms with van der Waals surface area (Å²) in [6.07, 6.45) is 2.76. The summed E-state index contributed by atoms with van der Waals surface area (Å²) in [6, 6.07) is 8.08. The molecular formula is C24H37N3O3. The van der Waals surface area contributed by atoms with E-state index < -0.39 is 0 Å². The highest BCUT2D eigenvalue weighted by Gasteiger charge is 2.35. The molecule has 6 nitrogen and oxygen atoms in total. The molecule has 0 aromatic heterocycles. The Balaban J connectivity index is 1.50. The first kappa shape index (κ1) is 22.6. The first-order valence-electron chi connectivity index (χ1n) is 11.3. The van der Waals surface area contributed by atoms with E-state index in [0.717, 1.165) is 30.3 Å². The molecule has 2 aliphatic rings. The molecule has 2 heterocycles. The van der Waals surface area contributed by atoms with Crippen LogP contribution in [0.3, 0.4) is 0 Å². The summed E-state index contributed by atoms with van der Waals surface area (Å²) in [5.41, 5.74) is 1.05. The Kier molecular flexibility index (Phi) is 7.75. The van der Waals surface area contributed by atoms with E-state index in [2.05, 4.69) is 31.0 Å². The maximum Gasteiger partial charge on any atom is 0.225 e. The number of piperidine rings is 1. The van der Waals surface area contributed by atoms with Crippen molar-refractivity contribution in [3.63, 3.8) is 0 Å². The molecule has 2 aliphatic heterocycles. The minimum Gasteiger partial charge on any atom is -0.497 e. The third kappa shape index (κ3) is 5.75. The summed E-state index contributed by atoms with van der Waals surface area (Å²) in [5, 5.41) is 3.16. The third-order valence-corrected chi connectivity index (χ3v) is 6.66. The van der Waals surface area contributed by atoms with Gasteiger partial charge in [-0.05, 0) is 55.5 Å². The summed E-state index contributed by atoms with van der Waals surface area (Å²) in [7, 11) is 1.64. The van der Waals surface area contributed by atoms with Crippen molar-refractivity contribution in [3.05, 3.63) is 29.8 Å². The Labute approximate surface area is 180 Å². The van der Waals surface area contributed by atoms with E-state index in [1.807, 2.05) is 24.3 Å². The van der Waals surface area contributed by atoms with Gasteiger partial charge in [0.2, 0.25) is 11.8 Å². The van der Waals surface area contributed by atoms with Crippen molar-refractivity contribution in [1.82, 2.24) is 15.1 Å². The van der Waals surface area contributed by atoms with Gasteiger partial charge >= 0.3 is 0 Å². The van der Waals surface area contributed by atoms with Gasteiger partial charge in [0, 0.05) is 32.1 Å². The molecule has 166 valence electrons. The summed E-state index contributed by atoms with van der Waals surface area (Å²) < 4.78 is 5.18. The summed E-state index contributed by atoms with van der Waals surface area (Å²) >= 11 is 0. The molecule has 1 aromatic carbocycles. The molecule has 2 amide bonds. The van der Waals surface area contributed by atoms with Crippen molar-refractivity contribution < 1.29 is 14.3 Å². The largest absolute Gasteiger partial charge is 0.497 e. The molecule has 3 rings (SSSR count). The topological polar surface area (TPSA) is 61.9 Å². The zero-order chi connectivity index (χ0) is 21.7. The second-order valence-corrected chi connectivity index (χ2v) is 9.30. The predicted octanol–water partition coefficient (Wildman–Crippen LogP) is 2.92. The average Bonchev–Trinajstić information content (AvgIpc) is 3.10. The molecule has 6 heteroatoms. The third-order valence-electron chi connectivity index (χ3n) is 6.66. The van der Waals surface area contributed by atoms with Crippen LogP contribution in [0.1, 0.15) is 45.6 Å². The lowest BCUT2D eigenvalue weighted by atomic mass is 9.94. The van der Waals surface area contributed by atoms with E-state index in [1.165, 1.54) is 12.8 Å². The summed E-state index contributed by atoms with van der Waals surface area (Å²) in [6.45, 7) is 10.7. The van der Waals surface area contributed by atoms with Gasteiger partial charge in [0.1, 0.15) is 5.75 Å². The van der Waals surface area contributed by atoms with Crippen LogP contribution in [0.2, 0.25) is 0 Å². The molecule has 1 N–H and O–H groups in total. The van der Waals surface area contributed by atoms with E-state index in [9.17, 15) is 9.59 Å². The van der Waals surface area contributed by atoms with Gasteiger partial charge in [-0.25, -0.2) is 0 Å². The van der Waals surface area contributed by atoms with Gasteiger partial charge in [0.15, 0.2) is 0 Å². The van der Waals surface area contributed by atoms with E-state index in [4.69, 9.17) is 4.74 Å². The molecule has 0 bridgehead atoms. The molecule has 0 spiro atoms. The van der Waals surface area contributed by atoms with Crippen LogP contribution in [-0.4, -0.2) is 60.9 Å². The molecule has 2 atom stereocenters. The fourth-order valence-electron chi connectivity index (χ4n) is 4.55. The van der Waals surface area contributed by atoms with Gasteiger partial charge in [-0.15, -0.1) is 0 Å². The van der Waals surface area contributed by atoms with Crippen LogP contribution in [0.5, 0.6) is 5.75 Å². The number of amides is 2. The number of nitrogens with zero attached hydrogens (tertiary/aromatic N) is 2. The average molecular weight is 416 g/mol. The Hall–Kier alpha value is -2.08. The Morgan fingerprint density at radius 1 is 1.20 bits per heavy atom. The zero-order valence-electron chi connectivity index (χ0n) is 18.9. The van der Waals surface area contributed by atoms with Gasteiger partial charge in [-0.3, -0.25) is 14.5 Å². The van der Waals surface area contributed by atoms with Gasteiger partial charge in [0.05, 0.1) is 13.0 Å². The SMILES string of the molecule is COc1ccc(CN2CC(C(=O)NCC(C(C)C)N3CCC(C)CC3)CC2=O)cc1. The summed E-state index contributed by atoms with van der Waals surface area (Å²) in [5.74, 6) is 1.88. The van der Waals surface area contributed by atoms with Crippen LogP contribution in [-0.2, 0) is 16.1 Å². The number of hydrogen-bond acceptors (Lipinski definition) is 4. The fraction of sp³-hybridized carbons (Fsp3) is 0.667. The standard InChI is InChI=1S/C24H37N3O3/c1-17(2)22(26-11-9-18(3)10-12-26)14-25-24(29)20-13-23(28)27(16-20)15-19-5-7-21(30-4)8-6-19/h5-8,17-18,20,22H,9-16H2,1-4H3,(H,25,29). The lowest BCUT2D eigenvalue weighted by molar-refractivity contribution is -0.129. The lowest BCUT2D eigenvalue weighted by Crippen LogP contribution is -2.50. The highest BCUT2D eigenvalue weighted by Crippen LogP contribution is 2.23. The number of rotatable bonds is 8. The van der Waals surface area contributed by atoms with E-state index in [1.54, 1.807) is 12.0 Å². The van der Waals surface area contributed by atoms with Crippen LogP contribution < -0.4 is 10.1 Å². The number of likely N-dealkylation sites (tertiary alicyclic amines) is 2. The monoisotopic (exact) mass is 415 g/mol. The van der Waals surface area contributed by atoms with Crippen LogP contribution in [0.4, 0.5) is 0 Å². The first-order chi connectivity index (χ1) is 14.4. The van der Waals surface area contributed by atoms with Crippen LogP contribution in [0.25, 0.3) is 0 Å². The number of carbonyl (C=O) groups excluding carboxylic acids is 2. The Bertz CT molecular complexity index is 711.